The van der Waals surface area contributed by atoms with Gasteiger partial charge >= 0.3 is 0 Å². The topological polar surface area (TPSA) is 34.1 Å². The van der Waals surface area contributed by atoms with Gasteiger partial charge in [-0.25, -0.2) is 4.39 Å². The van der Waals surface area contributed by atoms with Crippen LogP contribution >= 0.6 is 0 Å². The first-order valence-corrected chi connectivity index (χ1v) is 5.05. The van der Waals surface area contributed by atoms with Gasteiger partial charge in [-0.05, 0) is 17.2 Å². The molecular formula is C14H9FO2. The molecule has 3 heteroatoms. The maximum Gasteiger partial charge on any atom is 0.153 e. The minimum absolute atomic E-state index is 0.0337. The molecule has 17 heavy (non-hydrogen) atoms. The molecule has 0 bridgehead atoms. The monoisotopic (exact) mass is 228 g/mol. The Kier molecular flexibility index (Phi) is 3.10. The van der Waals surface area contributed by atoms with Gasteiger partial charge in [-0.15, -0.1) is 0 Å². The molecule has 2 rings (SSSR count). The van der Waals surface area contributed by atoms with E-state index in [4.69, 9.17) is 0 Å². The molecule has 2 aromatic carbocycles. The Labute approximate surface area is 97.7 Å². The van der Waals surface area contributed by atoms with E-state index in [9.17, 15) is 14.0 Å². The van der Waals surface area contributed by atoms with Crippen LogP contribution in [0.25, 0.3) is 11.1 Å². The van der Waals surface area contributed by atoms with E-state index < -0.39 is 5.82 Å². The van der Waals surface area contributed by atoms with Gasteiger partial charge in [-0.1, -0.05) is 36.4 Å². The van der Waals surface area contributed by atoms with Crippen molar-refractivity contribution in [3.63, 3.8) is 0 Å². The summed E-state index contributed by atoms with van der Waals surface area (Å²) in [7, 11) is 0. The third-order valence-corrected chi connectivity index (χ3v) is 2.53. The number of hydrogen-bond acceptors (Lipinski definition) is 2. The number of hydrogen-bond donors (Lipinski definition) is 0. The molecule has 0 saturated carbocycles. The minimum atomic E-state index is -0.544. The summed E-state index contributed by atoms with van der Waals surface area (Å²) in [5.41, 5.74) is 1.80. The third kappa shape index (κ3) is 2.13. The van der Waals surface area contributed by atoms with E-state index >= 15 is 0 Å². The maximum absolute atomic E-state index is 13.4. The Bertz CT molecular complexity index is 559. The zero-order valence-corrected chi connectivity index (χ0v) is 8.89. The summed E-state index contributed by atoms with van der Waals surface area (Å²) in [5, 5.41) is 0. The molecule has 0 radical (unpaired) electrons. The number of carbonyl (C=O) groups excluding carboxylic acids is 2. The highest BCUT2D eigenvalue weighted by atomic mass is 19.1. The van der Waals surface area contributed by atoms with E-state index in [-0.39, 0.29) is 5.56 Å². The molecular weight excluding hydrogens is 219 g/mol. The van der Waals surface area contributed by atoms with E-state index in [1.165, 1.54) is 6.07 Å². The van der Waals surface area contributed by atoms with Crippen molar-refractivity contribution >= 4 is 12.6 Å². The number of carbonyl (C=O) groups is 2. The zero-order chi connectivity index (χ0) is 12.3. The summed E-state index contributed by atoms with van der Waals surface area (Å²) in [6, 6.07) is 11.1. The highest BCUT2D eigenvalue weighted by Gasteiger charge is 2.08. The molecule has 0 aromatic heterocycles. The standard InChI is InChI=1S/C14H9FO2/c15-14-3-1-2-12(13(14)9-17)11-6-4-10(8-16)5-7-11/h1-9H. The Hall–Kier alpha value is -2.29. The predicted octanol–water partition coefficient (Wildman–Crippen LogP) is 3.12. The van der Waals surface area contributed by atoms with Gasteiger partial charge in [-0.3, -0.25) is 9.59 Å². The predicted molar refractivity (Wildman–Crippen MR) is 62.6 cm³/mol. The first-order chi connectivity index (χ1) is 8.26. The molecule has 2 nitrogen and oxygen atoms in total. The third-order valence-electron chi connectivity index (χ3n) is 2.53. The first-order valence-electron chi connectivity index (χ1n) is 5.05. The smallest absolute Gasteiger partial charge is 0.153 e. The van der Waals surface area contributed by atoms with Gasteiger partial charge in [0.25, 0.3) is 0 Å². The molecule has 0 heterocycles. The van der Waals surface area contributed by atoms with E-state index in [0.717, 1.165) is 6.29 Å². The molecule has 0 aliphatic rings. The molecule has 0 atom stereocenters. The average Bonchev–Trinajstić information content (AvgIpc) is 2.38. The second-order valence-corrected chi connectivity index (χ2v) is 3.56. The summed E-state index contributed by atoms with van der Waals surface area (Å²) in [4.78, 5) is 21.4. The average molecular weight is 228 g/mol. The van der Waals surface area contributed by atoms with Crippen LogP contribution in [0.3, 0.4) is 0 Å². The van der Waals surface area contributed by atoms with Crippen molar-refractivity contribution in [1.29, 1.82) is 0 Å². The lowest BCUT2D eigenvalue weighted by atomic mass is 9.99. The highest BCUT2D eigenvalue weighted by Crippen LogP contribution is 2.24. The molecule has 2 aromatic rings. The van der Waals surface area contributed by atoms with Gasteiger partial charge in [0.2, 0.25) is 0 Å². The van der Waals surface area contributed by atoms with E-state index in [1.54, 1.807) is 36.4 Å². The number of benzene rings is 2. The molecule has 0 spiro atoms. The highest BCUT2D eigenvalue weighted by molar-refractivity contribution is 5.88. The van der Waals surface area contributed by atoms with Crippen molar-refractivity contribution in [2.24, 2.45) is 0 Å². The molecule has 0 aliphatic heterocycles. The fourth-order valence-corrected chi connectivity index (χ4v) is 1.65. The molecule has 0 fully saturated rings. The van der Waals surface area contributed by atoms with Crippen molar-refractivity contribution in [3.05, 3.63) is 59.4 Å². The lowest BCUT2D eigenvalue weighted by molar-refractivity contribution is 0.111. The van der Waals surface area contributed by atoms with E-state index in [0.29, 0.717) is 23.0 Å². The van der Waals surface area contributed by atoms with Gasteiger partial charge in [0.15, 0.2) is 6.29 Å². The van der Waals surface area contributed by atoms with Gasteiger partial charge in [0, 0.05) is 5.56 Å². The van der Waals surface area contributed by atoms with Crippen molar-refractivity contribution in [2.45, 2.75) is 0 Å². The van der Waals surface area contributed by atoms with Gasteiger partial charge in [-0.2, -0.15) is 0 Å². The summed E-state index contributed by atoms with van der Waals surface area (Å²) in [6.45, 7) is 0. The SMILES string of the molecule is O=Cc1ccc(-c2cccc(F)c2C=O)cc1. The van der Waals surface area contributed by atoms with Crippen LogP contribution < -0.4 is 0 Å². The second kappa shape index (κ2) is 4.70. The van der Waals surface area contributed by atoms with Gasteiger partial charge < -0.3 is 0 Å². The second-order valence-electron chi connectivity index (χ2n) is 3.56. The Morgan fingerprint density at radius 3 is 2.18 bits per heavy atom. The summed E-state index contributed by atoms with van der Waals surface area (Å²) in [6.07, 6.45) is 1.23. The minimum Gasteiger partial charge on any atom is -0.298 e. The lowest BCUT2D eigenvalue weighted by Crippen LogP contribution is -1.92. The fourth-order valence-electron chi connectivity index (χ4n) is 1.65. The van der Waals surface area contributed by atoms with Crippen molar-refractivity contribution in [3.8, 4) is 11.1 Å². The van der Waals surface area contributed by atoms with Gasteiger partial charge in [0.05, 0.1) is 5.56 Å². The van der Waals surface area contributed by atoms with Crippen LogP contribution in [0.4, 0.5) is 4.39 Å². The Morgan fingerprint density at radius 2 is 1.59 bits per heavy atom. The number of halogens is 1. The Morgan fingerprint density at radius 1 is 0.882 bits per heavy atom. The largest absolute Gasteiger partial charge is 0.298 e. The number of aldehydes is 2. The van der Waals surface area contributed by atoms with Gasteiger partial charge in [0.1, 0.15) is 12.1 Å². The Balaban J connectivity index is 2.55. The van der Waals surface area contributed by atoms with Crippen LogP contribution in [0.1, 0.15) is 20.7 Å². The quantitative estimate of drug-likeness (QED) is 0.756. The molecule has 0 aliphatic carbocycles. The van der Waals surface area contributed by atoms with Crippen LogP contribution in [0.15, 0.2) is 42.5 Å². The van der Waals surface area contributed by atoms with Crippen LogP contribution in [0, 0.1) is 5.82 Å². The molecule has 0 N–H and O–H groups in total. The number of rotatable bonds is 3. The normalized spacial score (nSPS) is 9.94. The summed E-state index contributed by atoms with van der Waals surface area (Å²) < 4.78 is 13.4. The molecule has 0 amide bonds. The van der Waals surface area contributed by atoms with Crippen molar-refractivity contribution in [2.75, 3.05) is 0 Å². The maximum atomic E-state index is 13.4. The van der Waals surface area contributed by atoms with Crippen LogP contribution in [-0.2, 0) is 0 Å². The van der Waals surface area contributed by atoms with Crippen LogP contribution in [0.5, 0.6) is 0 Å². The van der Waals surface area contributed by atoms with Crippen molar-refractivity contribution < 1.29 is 14.0 Å². The van der Waals surface area contributed by atoms with Crippen LogP contribution in [-0.4, -0.2) is 12.6 Å². The summed E-state index contributed by atoms with van der Waals surface area (Å²) >= 11 is 0. The summed E-state index contributed by atoms with van der Waals surface area (Å²) in [5.74, 6) is -0.544. The van der Waals surface area contributed by atoms with Crippen molar-refractivity contribution in [1.82, 2.24) is 0 Å². The molecule has 84 valence electrons. The van der Waals surface area contributed by atoms with E-state index in [2.05, 4.69) is 0 Å². The molecule has 0 unspecified atom stereocenters. The van der Waals surface area contributed by atoms with E-state index in [1.807, 2.05) is 0 Å². The van der Waals surface area contributed by atoms with Crippen LogP contribution in [0.2, 0.25) is 0 Å². The zero-order valence-electron chi connectivity index (χ0n) is 8.89. The first kappa shape index (κ1) is 11.2. The lowest BCUT2D eigenvalue weighted by Gasteiger charge is -2.05. The molecule has 0 saturated heterocycles. The fraction of sp³-hybridized carbons (Fsp3) is 0.